The van der Waals surface area contributed by atoms with Crippen molar-refractivity contribution in [1.29, 1.82) is 0 Å². The first-order chi connectivity index (χ1) is 7.53. The summed E-state index contributed by atoms with van der Waals surface area (Å²) in [6, 6.07) is 1.86. The van der Waals surface area contributed by atoms with Gasteiger partial charge in [0, 0.05) is 25.7 Å². The van der Waals surface area contributed by atoms with Gasteiger partial charge in [-0.15, -0.1) is 0 Å². The quantitative estimate of drug-likeness (QED) is 0.826. The molecule has 1 rings (SSSR count). The SMILES string of the molecule is CCC(C)(CN)C(=O)N(C)Cc1ccoc1. The van der Waals surface area contributed by atoms with Gasteiger partial charge in [0.25, 0.3) is 0 Å². The largest absolute Gasteiger partial charge is 0.472 e. The Morgan fingerprint density at radius 1 is 1.62 bits per heavy atom. The summed E-state index contributed by atoms with van der Waals surface area (Å²) in [5.74, 6) is 0.0821. The summed E-state index contributed by atoms with van der Waals surface area (Å²) in [6.07, 6.45) is 4.00. The normalized spacial score (nSPS) is 14.5. The number of carbonyl (C=O) groups excluding carboxylic acids is 1. The Labute approximate surface area is 96.4 Å². The van der Waals surface area contributed by atoms with Gasteiger partial charge in [0.05, 0.1) is 17.9 Å². The van der Waals surface area contributed by atoms with Crippen molar-refractivity contribution in [3.05, 3.63) is 24.2 Å². The summed E-state index contributed by atoms with van der Waals surface area (Å²) in [6.45, 7) is 4.82. The van der Waals surface area contributed by atoms with Crippen LogP contribution in [0.3, 0.4) is 0 Å². The van der Waals surface area contributed by atoms with E-state index in [0.29, 0.717) is 13.1 Å². The van der Waals surface area contributed by atoms with E-state index in [1.165, 1.54) is 0 Å². The minimum absolute atomic E-state index is 0.0821. The number of carbonyl (C=O) groups is 1. The summed E-state index contributed by atoms with van der Waals surface area (Å²) < 4.78 is 4.97. The van der Waals surface area contributed by atoms with E-state index in [1.807, 2.05) is 19.9 Å². The zero-order valence-corrected chi connectivity index (χ0v) is 10.2. The first-order valence-corrected chi connectivity index (χ1v) is 5.50. The van der Waals surface area contributed by atoms with E-state index in [0.717, 1.165) is 12.0 Å². The standard InChI is InChI=1S/C12H20N2O2/c1-4-12(2,9-13)11(15)14(3)7-10-5-6-16-8-10/h5-6,8H,4,7,9,13H2,1-3H3. The second kappa shape index (κ2) is 5.16. The molecule has 2 N–H and O–H groups in total. The van der Waals surface area contributed by atoms with Gasteiger partial charge >= 0.3 is 0 Å². The Morgan fingerprint density at radius 3 is 2.75 bits per heavy atom. The molecule has 16 heavy (non-hydrogen) atoms. The Morgan fingerprint density at radius 2 is 2.31 bits per heavy atom. The molecule has 0 aromatic carbocycles. The third kappa shape index (κ3) is 2.64. The maximum Gasteiger partial charge on any atom is 0.229 e. The van der Waals surface area contributed by atoms with Crippen LogP contribution in [0, 0.1) is 5.41 Å². The van der Waals surface area contributed by atoms with Gasteiger partial charge in [-0.25, -0.2) is 0 Å². The molecule has 0 aliphatic heterocycles. The zero-order valence-electron chi connectivity index (χ0n) is 10.2. The fraction of sp³-hybridized carbons (Fsp3) is 0.583. The highest BCUT2D eigenvalue weighted by atomic mass is 16.3. The van der Waals surface area contributed by atoms with Crippen molar-refractivity contribution in [2.45, 2.75) is 26.8 Å². The van der Waals surface area contributed by atoms with E-state index >= 15 is 0 Å². The number of nitrogens with two attached hydrogens (primary N) is 1. The molecule has 1 atom stereocenters. The summed E-state index contributed by atoms with van der Waals surface area (Å²) in [5, 5.41) is 0. The van der Waals surface area contributed by atoms with Crippen molar-refractivity contribution in [3.8, 4) is 0 Å². The first-order valence-electron chi connectivity index (χ1n) is 5.50. The number of nitrogens with zero attached hydrogens (tertiary/aromatic N) is 1. The van der Waals surface area contributed by atoms with Crippen molar-refractivity contribution in [2.75, 3.05) is 13.6 Å². The number of amides is 1. The van der Waals surface area contributed by atoms with Crippen LogP contribution in [0.4, 0.5) is 0 Å². The van der Waals surface area contributed by atoms with Gasteiger partial charge in [0.2, 0.25) is 5.91 Å². The zero-order chi connectivity index (χ0) is 12.2. The number of furan rings is 1. The predicted octanol–water partition coefficient (Wildman–Crippen LogP) is 1.61. The number of hydrogen-bond donors (Lipinski definition) is 1. The van der Waals surface area contributed by atoms with Crippen LogP contribution in [0.5, 0.6) is 0 Å². The molecule has 0 saturated carbocycles. The molecule has 0 saturated heterocycles. The molecular formula is C12H20N2O2. The third-order valence-corrected chi connectivity index (χ3v) is 3.09. The van der Waals surface area contributed by atoms with Gasteiger partial charge in [-0.1, -0.05) is 6.92 Å². The van der Waals surface area contributed by atoms with Gasteiger partial charge in [0.15, 0.2) is 0 Å². The van der Waals surface area contributed by atoms with Crippen LogP contribution in [0.15, 0.2) is 23.0 Å². The first kappa shape index (κ1) is 12.8. The van der Waals surface area contributed by atoms with Gasteiger partial charge < -0.3 is 15.1 Å². The molecule has 90 valence electrons. The van der Waals surface area contributed by atoms with Crippen molar-refractivity contribution < 1.29 is 9.21 Å². The second-order valence-electron chi connectivity index (χ2n) is 4.41. The maximum absolute atomic E-state index is 12.2. The van der Waals surface area contributed by atoms with Crippen LogP contribution >= 0.6 is 0 Å². The molecule has 4 heteroatoms. The minimum Gasteiger partial charge on any atom is -0.472 e. The summed E-state index contributed by atoms with van der Waals surface area (Å²) in [4.78, 5) is 13.9. The second-order valence-corrected chi connectivity index (χ2v) is 4.41. The lowest BCUT2D eigenvalue weighted by molar-refractivity contribution is -0.140. The lowest BCUT2D eigenvalue weighted by Crippen LogP contribution is -2.44. The molecule has 1 aromatic rings. The Bertz CT molecular complexity index is 329. The van der Waals surface area contributed by atoms with Crippen LogP contribution in [0.2, 0.25) is 0 Å². The molecule has 0 spiro atoms. The van der Waals surface area contributed by atoms with Crippen molar-refractivity contribution in [1.82, 2.24) is 4.90 Å². The molecule has 1 heterocycles. The summed E-state index contributed by atoms with van der Waals surface area (Å²) >= 11 is 0. The summed E-state index contributed by atoms with van der Waals surface area (Å²) in [7, 11) is 1.79. The van der Waals surface area contributed by atoms with E-state index < -0.39 is 5.41 Å². The smallest absolute Gasteiger partial charge is 0.229 e. The van der Waals surface area contributed by atoms with E-state index in [-0.39, 0.29) is 5.91 Å². The lowest BCUT2D eigenvalue weighted by Gasteiger charge is -2.30. The van der Waals surface area contributed by atoms with Crippen molar-refractivity contribution in [2.24, 2.45) is 11.1 Å². The van der Waals surface area contributed by atoms with Gasteiger partial charge in [-0.05, 0) is 19.4 Å². The van der Waals surface area contributed by atoms with Crippen LogP contribution in [-0.2, 0) is 11.3 Å². The van der Waals surface area contributed by atoms with Crippen LogP contribution in [-0.4, -0.2) is 24.4 Å². The molecule has 1 unspecified atom stereocenters. The van der Waals surface area contributed by atoms with Crippen molar-refractivity contribution in [3.63, 3.8) is 0 Å². The van der Waals surface area contributed by atoms with Crippen LogP contribution in [0.1, 0.15) is 25.8 Å². The monoisotopic (exact) mass is 224 g/mol. The molecule has 1 amide bonds. The number of hydrogen-bond acceptors (Lipinski definition) is 3. The van der Waals surface area contributed by atoms with E-state index in [9.17, 15) is 4.79 Å². The Kier molecular flexibility index (Phi) is 4.12. The molecular weight excluding hydrogens is 204 g/mol. The summed E-state index contributed by atoms with van der Waals surface area (Å²) in [5.41, 5.74) is 6.20. The van der Waals surface area contributed by atoms with Gasteiger partial charge in [0.1, 0.15) is 0 Å². The highest BCUT2D eigenvalue weighted by molar-refractivity contribution is 5.82. The molecule has 1 aromatic heterocycles. The molecule has 0 aliphatic carbocycles. The minimum atomic E-state index is -0.460. The van der Waals surface area contributed by atoms with Gasteiger partial charge in [-0.3, -0.25) is 4.79 Å². The third-order valence-electron chi connectivity index (χ3n) is 3.09. The highest BCUT2D eigenvalue weighted by Crippen LogP contribution is 2.22. The Hall–Kier alpha value is -1.29. The van der Waals surface area contributed by atoms with Crippen LogP contribution < -0.4 is 5.73 Å². The lowest BCUT2D eigenvalue weighted by atomic mass is 9.86. The highest BCUT2D eigenvalue weighted by Gasteiger charge is 2.32. The fourth-order valence-electron chi connectivity index (χ4n) is 1.57. The Balaban J connectivity index is 2.67. The predicted molar refractivity (Wildman–Crippen MR) is 62.6 cm³/mol. The van der Waals surface area contributed by atoms with Crippen molar-refractivity contribution >= 4 is 5.91 Å². The van der Waals surface area contributed by atoms with E-state index in [1.54, 1.807) is 24.5 Å². The average molecular weight is 224 g/mol. The van der Waals surface area contributed by atoms with E-state index in [4.69, 9.17) is 10.2 Å². The molecule has 4 nitrogen and oxygen atoms in total. The average Bonchev–Trinajstić information content (AvgIpc) is 2.79. The number of rotatable bonds is 5. The molecule has 0 bridgehead atoms. The van der Waals surface area contributed by atoms with Crippen LogP contribution in [0.25, 0.3) is 0 Å². The van der Waals surface area contributed by atoms with E-state index in [2.05, 4.69) is 0 Å². The topological polar surface area (TPSA) is 59.5 Å². The fourth-order valence-corrected chi connectivity index (χ4v) is 1.57. The molecule has 0 radical (unpaired) electrons. The molecule has 0 aliphatic rings. The van der Waals surface area contributed by atoms with Gasteiger partial charge in [-0.2, -0.15) is 0 Å². The molecule has 0 fully saturated rings. The maximum atomic E-state index is 12.2.